The Bertz CT molecular complexity index is 1100. The van der Waals surface area contributed by atoms with Crippen LogP contribution in [0.2, 0.25) is 0 Å². The average Bonchev–Trinajstić information content (AvgIpc) is 3.20. The molecule has 3 aromatic rings. The summed E-state index contributed by atoms with van der Waals surface area (Å²) >= 11 is 0.777. The first kappa shape index (κ1) is 23.9. The number of rotatable bonds is 7. The minimum atomic E-state index is -4.71. The maximum absolute atomic E-state index is 12.7. The normalized spacial score (nSPS) is 14.9. The van der Waals surface area contributed by atoms with Crippen LogP contribution in [0.4, 0.5) is 24.5 Å². The van der Waals surface area contributed by atoms with Crippen molar-refractivity contribution < 1.29 is 18.0 Å². The van der Waals surface area contributed by atoms with Crippen LogP contribution in [0.25, 0.3) is 0 Å². The summed E-state index contributed by atoms with van der Waals surface area (Å²) in [6.07, 6.45) is -4.71. The molecule has 1 aliphatic rings. The van der Waals surface area contributed by atoms with Crippen LogP contribution in [0, 0.1) is 0 Å². The van der Waals surface area contributed by atoms with Gasteiger partial charge in [0.25, 0.3) is 5.82 Å². The molecular formula is C22H24F3N7OS. The van der Waals surface area contributed by atoms with Gasteiger partial charge in [0, 0.05) is 44.1 Å². The summed E-state index contributed by atoms with van der Waals surface area (Å²) in [5.74, 6) is 3.52. The molecule has 0 saturated carbocycles. The molecule has 3 N–H and O–H groups in total. The molecular weight excluding hydrogens is 467 g/mol. The monoisotopic (exact) mass is 491 g/mol. The quantitative estimate of drug-likeness (QED) is 0.388. The van der Waals surface area contributed by atoms with E-state index in [-0.39, 0.29) is 16.8 Å². The van der Waals surface area contributed by atoms with Crippen LogP contribution >= 0.6 is 11.8 Å². The van der Waals surface area contributed by atoms with Crippen molar-refractivity contribution in [1.82, 2.24) is 19.8 Å². The van der Waals surface area contributed by atoms with Crippen molar-refractivity contribution in [3.05, 3.63) is 66.0 Å². The summed E-state index contributed by atoms with van der Waals surface area (Å²) in [5.41, 5.74) is 2.98. The van der Waals surface area contributed by atoms with Gasteiger partial charge in [-0.15, -0.1) is 10.2 Å². The number of nitrogen functional groups attached to an aromatic ring is 1. The van der Waals surface area contributed by atoms with Crippen molar-refractivity contribution in [3.8, 4) is 0 Å². The van der Waals surface area contributed by atoms with Crippen molar-refractivity contribution in [1.29, 1.82) is 0 Å². The third-order valence-electron chi connectivity index (χ3n) is 5.39. The summed E-state index contributed by atoms with van der Waals surface area (Å²) < 4.78 is 38.5. The average molecular weight is 492 g/mol. The molecule has 2 heterocycles. The number of amides is 1. The second-order valence-corrected chi connectivity index (χ2v) is 8.75. The smallest absolute Gasteiger partial charge is 0.369 e. The molecule has 2 aromatic carbocycles. The number of alkyl halides is 3. The van der Waals surface area contributed by atoms with Gasteiger partial charge < -0.3 is 16.1 Å². The minimum absolute atomic E-state index is 0.154. The third kappa shape index (κ3) is 6.00. The largest absolute Gasteiger partial charge is 0.453 e. The third-order valence-corrected chi connectivity index (χ3v) is 6.33. The van der Waals surface area contributed by atoms with Crippen molar-refractivity contribution >= 4 is 29.0 Å². The number of halogens is 3. The van der Waals surface area contributed by atoms with Gasteiger partial charge in [-0.3, -0.25) is 9.69 Å². The lowest BCUT2D eigenvalue weighted by atomic mass is 10.2. The summed E-state index contributed by atoms with van der Waals surface area (Å²) in [4.78, 5) is 16.9. The molecule has 12 heteroatoms. The van der Waals surface area contributed by atoms with E-state index < -0.39 is 12.0 Å². The highest BCUT2D eigenvalue weighted by Gasteiger charge is 2.38. The van der Waals surface area contributed by atoms with Crippen LogP contribution in [-0.2, 0) is 17.5 Å². The molecule has 4 rings (SSSR count). The predicted octanol–water partition coefficient (Wildman–Crippen LogP) is 3.06. The molecule has 1 aromatic heterocycles. The first-order valence-corrected chi connectivity index (χ1v) is 11.6. The first-order chi connectivity index (χ1) is 16.3. The molecule has 8 nitrogen and oxygen atoms in total. The van der Waals surface area contributed by atoms with E-state index in [1.165, 1.54) is 5.56 Å². The SMILES string of the molecule is Nn1c(SCC(=O)Nc2ccc(N3CCN(Cc4ccccc4)CC3)cc2)nnc1C(F)(F)F. The molecule has 0 bridgehead atoms. The number of carbonyl (C=O) groups is 1. The van der Waals surface area contributed by atoms with Crippen LogP contribution in [0.5, 0.6) is 0 Å². The number of piperazine rings is 1. The van der Waals surface area contributed by atoms with Gasteiger partial charge in [-0.05, 0) is 29.8 Å². The van der Waals surface area contributed by atoms with Crippen LogP contribution < -0.4 is 16.1 Å². The molecule has 1 saturated heterocycles. The number of carbonyl (C=O) groups excluding carboxylic acids is 1. The molecule has 180 valence electrons. The first-order valence-electron chi connectivity index (χ1n) is 10.6. The van der Waals surface area contributed by atoms with E-state index >= 15 is 0 Å². The standard InChI is InChI=1S/C22H24F3N7OS/c23-22(24,25)20-28-29-21(32(20)26)34-15-19(33)27-17-6-8-18(9-7-17)31-12-10-30(11-13-31)14-16-4-2-1-3-5-16/h1-9H,10-15,26H2,(H,27,33). The van der Waals surface area contributed by atoms with Crippen molar-refractivity contribution in [2.75, 3.05) is 48.0 Å². The summed E-state index contributed by atoms with van der Waals surface area (Å²) in [6.45, 7) is 4.69. The zero-order valence-corrected chi connectivity index (χ0v) is 19.0. The maximum Gasteiger partial charge on any atom is 0.453 e. The highest BCUT2D eigenvalue weighted by molar-refractivity contribution is 7.99. The van der Waals surface area contributed by atoms with Crippen molar-refractivity contribution in [2.24, 2.45) is 0 Å². The Morgan fingerprint density at radius 2 is 1.68 bits per heavy atom. The number of thioether (sulfide) groups is 1. The highest BCUT2D eigenvalue weighted by atomic mass is 32.2. The van der Waals surface area contributed by atoms with Gasteiger partial charge in [-0.2, -0.15) is 13.2 Å². The van der Waals surface area contributed by atoms with Gasteiger partial charge in [-0.1, -0.05) is 42.1 Å². The second kappa shape index (κ2) is 10.3. The fourth-order valence-corrected chi connectivity index (χ4v) is 4.31. The Hall–Kier alpha value is -3.25. The van der Waals surface area contributed by atoms with Gasteiger partial charge in [-0.25, -0.2) is 4.68 Å². The van der Waals surface area contributed by atoms with Gasteiger partial charge >= 0.3 is 6.18 Å². The van der Waals surface area contributed by atoms with Crippen molar-refractivity contribution in [2.45, 2.75) is 17.9 Å². The molecule has 1 amide bonds. The number of benzene rings is 2. The van der Waals surface area contributed by atoms with Gasteiger partial charge in [0.1, 0.15) is 0 Å². The molecule has 1 aliphatic heterocycles. The van der Waals surface area contributed by atoms with Crippen molar-refractivity contribution in [3.63, 3.8) is 0 Å². The number of nitrogens with one attached hydrogen (secondary N) is 1. The molecule has 0 unspecified atom stereocenters. The number of hydrogen-bond acceptors (Lipinski definition) is 7. The van der Waals surface area contributed by atoms with E-state index in [9.17, 15) is 18.0 Å². The van der Waals surface area contributed by atoms with E-state index in [1.54, 1.807) is 12.1 Å². The van der Waals surface area contributed by atoms with Crippen LogP contribution in [0.3, 0.4) is 0 Å². The summed E-state index contributed by atoms with van der Waals surface area (Å²) in [6, 6.07) is 17.9. The molecule has 0 aliphatic carbocycles. The summed E-state index contributed by atoms with van der Waals surface area (Å²) in [7, 11) is 0. The second-order valence-electron chi connectivity index (χ2n) is 7.81. The lowest BCUT2D eigenvalue weighted by molar-refractivity contribution is -0.146. The molecule has 0 radical (unpaired) electrons. The minimum Gasteiger partial charge on any atom is -0.369 e. The topological polar surface area (TPSA) is 92.3 Å². The van der Waals surface area contributed by atoms with E-state index in [1.807, 2.05) is 18.2 Å². The number of nitrogens with two attached hydrogens (primary N) is 1. The Kier molecular flexibility index (Phi) is 7.27. The Morgan fingerprint density at radius 1 is 1.00 bits per heavy atom. The number of anilines is 2. The molecule has 0 atom stereocenters. The maximum atomic E-state index is 12.7. The van der Waals surface area contributed by atoms with E-state index in [2.05, 4.69) is 49.6 Å². The van der Waals surface area contributed by atoms with Crippen LogP contribution in [0.1, 0.15) is 11.4 Å². The van der Waals surface area contributed by atoms with E-state index in [0.29, 0.717) is 10.4 Å². The van der Waals surface area contributed by atoms with Gasteiger partial charge in [0.05, 0.1) is 5.75 Å². The predicted molar refractivity (Wildman–Crippen MR) is 125 cm³/mol. The van der Waals surface area contributed by atoms with E-state index in [0.717, 1.165) is 50.2 Å². The Balaban J connectivity index is 1.24. The molecule has 1 fully saturated rings. The fraction of sp³-hybridized carbons (Fsp3) is 0.318. The highest BCUT2D eigenvalue weighted by Crippen LogP contribution is 2.29. The van der Waals surface area contributed by atoms with Gasteiger partial charge in [0.2, 0.25) is 11.1 Å². The van der Waals surface area contributed by atoms with Gasteiger partial charge in [0.15, 0.2) is 0 Å². The zero-order valence-electron chi connectivity index (χ0n) is 18.2. The zero-order chi connectivity index (χ0) is 24.1. The number of aromatic nitrogens is 3. The lowest BCUT2D eigenvalue weighted by Crippen LogP contribution is -2.45. The van der Waals surface area contributed by atoms with E-state index in [4.69, 9.17) is 5.84 Å². The molecule has 34 heavy (non-hydrogen) atoms. The Labute approximate surface area is 198 Å². The van der Waals surface area contributed by atoms with Crippen LogP contribution in [0.15, 0.2) is 59.8 Å². The number of nitrogens with zero attached hydrogens (tertiary/aromatic N) is 5. The summed E-state index contributed by atoms with van der Waals surface area (Å²) in [5, 5.41) is 8.96. The fourth-order valence-electron chi connectivity index (χ4n) is 3.66. The van der Waals surface area contributed by atoms with Crippen LogP contribution in [-0.4, -0.2) is 57.6 Å². The lowest BCUT2D eigenvalue weighted by Gasteiger charge is -2.36. The number of hydrogen-bond donors (Lipinski definition) is 2. The molecule has 0 spiro atoms. The Morgan fingerprint density at radius 3 is 2.29 bits per heavy atom.